The number of nitrogens with zero attached hydrogens (tertiary/aromatic N) is 1. The van der Waals surface area contributed by atoms with Gasteiger partial charge >= 0.3 is 0 Å². The number of rotatable bonds is 2. The number of pyridine rings is 1. The predicted molar refractivity (Wildman–Crippen MR) is 78.1 cm³/mol. The summed E-state index contributed by atoms with van der Waals surface area (Å²) < 4.78 is 2.48. The van der Waals surface area contributed by atoms with Gasteiger partial charge in [-0.25, -0.2) is 0 Å². The molecule has 91 valence electrons. The van der Waals surface area contributed by atoms with Gasteiger partial charge in [-0.05, 0) is 10.5 Å². The second kappa shape index (κ2) is 6.97. The normalized spacial score (nSPS) is 9.94. The number of aryl methyl sites for hydroxylation is 1. The van der Waals surface area contributed by atoms with Gasteiger partial charge < -0.3 is 4.57 Å². The van der Waals surface area contributed by atoms with Crippen LogP contribution in [0, 0.1) is 16.6 Å². The Kier molecular flexibility index (Phi) is 6.22. The first-order chi connectivity index (χ1) is 8.15. The second-order valence-electron chi connectivity index (χ2n) is 3.85. The smallest absolute Gasteiger partial charge is 0.207 e. The van der Waals surface area contributed by atoms with Crippen LogP contribution in [0.15, 0.2) is 35.1 Å². The molecular weight excluding hydrogens is 414 g/mol. The van der Waals surface area contributed by atoms with E-state index in [1.165, 1.54) is 0 Å². The summed E-state index contributed by atoms with van der Waals surface area (Å²) >= 11 is 2.05. The van der Waals surface area contributed by atoms with E-state index in [9.17, 15) is 4.79 Å². The van der Waals surface area contributed by atoms with Crippen LogP contribution >= 0.6 is 22.6 Å². The molecule has 0 bridgehead atoms. The Hall–Kier alpha value is 0.00390. The van der Waals surface area contributed by atoms with Gasteiger partial charge in [0.15, 0.2) is 0 Å². The van der Waals surface area contributed by atoms with Crippen LogP contribution in [-0.4, -0.2) is 4.57 Å². The van der Waals surface area contributed by atoms with Crippen molar-refractivity contribution in [1.82, 2.24) is 4.57 Å². The molecule has 1 aromatic heterocycles. The molecule has 1 aromatic carbocycles. The molecule has 1 heterocycles. The first-order valence-corrected chi connectivity index (χ1v) is 6.60. The Bertz CT molecular complexity index is 607. The Balaban J connectivity index is 0.00000162. The van der Waals surface area contributed by atoms with Crippen LogP contribution in [0.1, 0.15) is 12.5 Å². The van der Waals surface area contributed by atoms with E-state index in [4.69, 9.17) is 0 Å². The van der Waals surface area contributed by atoms with Crippen molar-refractivity contribution in [2.75, 3.05) is 0 Å². The number of hydrogen-bond acceptors (Lipinski definition) is 1. The third-order valence-corrected chi connectivity index (χ3v) is 3.54. The fourth-order valence-corrected chi connectivity index (χ4v) is 2.31. The van der Waals surface area contributed by atoms with E-state index in [0.717, 1.165) is 16.8 Å². The van der Waals surface area contributed by atoms with Crippen molar-refractivity contribution >= 4 is 22.6 Å². The van der Waals surface area contributed by atoms with Crippen LogP contribution in [-0.2, 0) is 39.3 Å². The molecule has 0 aliphatic rings. The van der Waals surface area contributed by atoms with E-state index >= 15 is 0 Å². The van der Waals surface area contributed by atoms with E-state index in [1.807, 2.05) is 38.1 Å². The van der Waals surface area contributed by atoms with Crippen molar-refractivity contribution in [3.63, 3.8) is 0 Å². The SMILES string of the molecule is CCn1c(-c2ccccc2C)[c-]cc(I)c1=O.[Y]. The van der Waals surface area contributed by atoms with Crippen LogP contribution in [0.25, 0.3) is 11.3 Å². The van der Waals surface area contributed by atoms with Crippen molar-refractivity contribution in [3.05, 3.63) is 55.9 Å². The summed E-state index contributed by atoms with van der Waals surface area (Å²) in [5, 5.41) is 0. The summed E-state index contributed by atoms with van der Waals surface area (Å²) in [5.74, 6) is 0. The average molecular weight is 427 g/mol. The zero-order valence-corrected chi connectivity index (χ0v) is 15.4. The molecule has 18 heavy (non-hydrogen) atoms. The van der Waals surface area contributed by atoms with Crippen molar-refractivity contribution in [2.24, 2.45) is 0 Å². The maximum atomic E-state index is 12.0. The van der Waals surface area contributed by atoms with Crippen molar-refractivity contribution in [1.29, 1.82) is 0 Å². The van der Waals surface area contributed by atoms with Gasteiger partial charge in [-0.1, -0.05) is 41.9 Å². The summed E-state index contributed by atoms with van der Waals surface area (Å²) in [5.41, 5.74) is 3.16. The molecule has 2 rings (SSSR count). The number of benzene rings is 1. The third-order valence-electron chi connectivity index (χ3n) is 2.77. The van der Waals surface area contributed by atoms with Crippen LogP contribution in [0.5, 0.6) is 0 Å². The minimum atomic E-state index is 0. The number of aromatic nitrogens is 1. The van der Waals surface area contributed by atoms with Crippen LogP contribution in [0.2, 0.25) is 0 Å². The standard InChI is InChI=1S/C14H13INO.Y/c1-3-16-13(9-8-12(15)14(16)17)11-7-5-4-6-10(11)2;/h4-8H,3H2,1-2H3;/q-1;. The zero-order valence-electron chi connectivity index (χ0n) is 10.4. The Labute approximate surface area is 146 Å². The molecule has 0 saturated heterocycles. The van der Waals surface area contributed by atoms with Gasteiger partial charge in [0.1, 0.15) is 0 Å². The van der Waals surface area contributed by atoms with Gasteiger partial charge in [0, 0.05) is 39.3 Å². The first kappa shape index (κ1) is 16.1. The summed E-state index contributed by atoms with van der Waals surface area (Å²) in [4.78, 5) is 12.0. The Morgan fingerprint density at radius 3 is 2.61 bits per heavy atom. The molecule has 0 fully saturated rings. The topological polar surface area (TPSA) is 22.0 Å². The van der Waals surface area contributed by atoms with Gasteiger partial charge in [-0.15, -0.1) is 28.7 Å². The molecule has 0 aliphatic carbocycles. The van der Waals surface area contributed by atoms with Gasteiger partial charge in [0.2, 0.25) is 5.56 Å². The van der Waals surface area contributed by atoms with E-state index in [2.05, 4.69) is 28.7 Å². The number of hydrogen-bond donors (Lipinski definition) is 0. The zero-order chi connectivity index (χ0) is 12.4. The van der Waals surface area contributed by atoms with Crippen molar-refractivity contribution in [3.8, 4) is 11.3 Å². The maximum absolute atomic E-state index is 12.0. The molecule has 0 N–H and O–H groups in total. The van der Waals surface area contributed by atoms with Crippen LogP contribution < -0.4 is 5.56 Å². The molecule has 1 radical (unpaired) electrons. The fraction of sp³-hybridized carbons (Fsp3) is 0.214. The average Bonchev–Trinajstić information content (AvgIpc) is 2.33. The summed E-state index contributed by atoms with van der Waals surface area (Å²) in [6, 6.07) is 13.0. The molecule has 4 heteroatoms. The quantitative estimate of drug-likeness (QED) is 0.533. The maximum Gasteiger partial charge on any atom is 0.207 e. The van der Waals surface area contributed by atoms with Crippen molar-refractivity contribution in [2.45, 2.75) is 20.4 Å². The van der Waals surface area contributed by atoms with Gasteiger partial charge in [-0.2, -0.15) is 12.1 Å². The summed E-state index contributed by atoms with van der Waals surface area (Å²) in [6.45, 7) is 4.69. The minimum Gasteiger partial charge on any atom is -0.342 e. The molecule has 0 unspecified atom stereocenters. The Morgan fingerprint density at radius 1 is 1.33 bits per heavy atom. The molecular formula is C14H13INOY-. The van der Waals surface area contributed by atoms with Crippen molar-refractivity contribution < 1.29 is 32.7 Å². The fourth-order valence-electron chi connectivity index (χ4n) is 1.87. The molecule has 0 atom stereocenters. The third kappa shape index (κ3) is 3.12. The van der Waals surface area contributed by atoms with Crippen LogP contribution in [0.3, 0.4) is 0 Å². The van der Waals surface area contributed by atoms with E-state index < -0.39 is 0 Å². The summed E-state index contributed by atoms with van der Waals surface area (Å²) in [6.07, 6.45) is 0. The summed E-state index contributed by atoms with van der Waals surface area (Å²) in [7, 11) is 0. The molecule has 2 aromatic rings. The van der Waals surface area contributed by atoms with E-state index in [1.54, 1.807) is 10.6 Å². The molecule has 2 nitrogen and oxygen atoms in total. The molecule has 0 saturated carbocycles. The largest absolute Gasteiger partial charge is 0.342 e. The van der Waals surface area contributed by atoms with E-state index in [-0.39, 0.29) is 38.3 Å². The first-order valence-electron chi connectivity index (χ1n) is 5.52. The molecule has 0 aliphatic heterocycles. The van der Waals surface area contributed by atoms with Gasteiger partial charge in [0.25, 0.3) is 0 Å². The molecule has 0 amide bonds. The Morgan fingerprint density at radius 2 is 2.00 bits per heavy atom. The number of halogens is 1. The monoisotopic (exact) mass is 427 g/mol. The van der Waals surface area contributed by atoms with Gasteiger partial charge in [0.05, 0.1) is 0 Å². The van der Waals surface area contributed by atoms with Gasteiger partial charge in [-0.3, -0.25) is 4.79 Å². The predicted octanol–water partition coefficient (Wildman–Crippen LogP) is 3.25. The molecule has 0 spiro atoms. The van der Waals surface area contributed by atoms with E-state index in [0.29, 0.717) is 10.1 Å². The van der Waals surface area contributed by atoms with Crippen LogP contribution in [0.4, 0.5) is 0 Å². The second-order valence-corrected chi connectivity index (χ2v) is 5.01. The minimum absolute atomic E-state index is 0.